The lowest BCUT2D eigenvalue weighted by molar-refractivity contribution is -0.155. The number of nitrogens with zero attached hydrogens (tertiary/aromatic N) is 2. The summed E-state index contributed by atoms with van der Waals surface area (Å²) in [6, 6.07) is -0.179. The first-order chi connectivity index (χ1) is 9.87. The number of hydrogen-bond donors (Lipinski definition) is 1. The largest absolute Gasteiger partial charge is 0.444 e. The van der Waals surface area contributed by atoms with E-state index in [-0.39, 0.29) is 12.6 Å². The molecule has 1 aliphatic rings. The van der Waals surface area contributed by atoms with E-state index in [1.54, 1.807) is 30.6 Å². The monoisotopic (exact) mass is 326 g/mol. The summed E-state index contributed by atoms with van der Waals surface area (Å²) in [4.78, 5) is 15.3. The van der Waals surface area contributed by atoms with Crippen molar-refractivity contribution in [2.75, 3.05) is 26.2 Å². The Hall–Kier alpha value is -1.02. The van der Waals surface area contributed by atoms with E-state index in [1.807, 2.05) is 6.92 Å². The van der Waals surface area contributed by atoms with Crippen LogP contribution in [0.15, 0.2) is 0 Å². The molecule has 1 rings (SSSR count). The van der Waals surface area contributed by atoms with Crippen molar-refractivity contribution < 1.29 is 27.8 Å². The van der Waals surface area contributed by atoms with Crippen LogP contribution in [-0.2, 0) is 4.74 Å². The molecule has 0 aliphatic carbocycles. The van der Waals surface area contributed by atoms with Gasteiger partial charge in [0.25, 0.3) is 0 Å². The zero-order chi connectivity index (χ0) is 17.1. The standard InChI is InChI=1S/C14H25F3N2O3/c1-10-8-18(9-11(20)7-14(15,16)17)5-6-19(10)12(21)22-13(2,3)4/h10-11,20H,5-9H2,1-4H3/t10-,11-/m1/s1. The predicted molar refractivity (Wildman–Crippen MR) is 75.5 cm³/mol. The third-order valence-electron chi connectivity index (χ3n) is 3.28. The number of rotatable bonds is 3. The molecule has 0 spiro atoms. The second kappa shape index (κ2) is 7.04. The Kier molecular flexibility index (Phi) is 6.09. The van der Waals surface area contributed by atoms with E-state index in [0.29, 0.717) is 19.6 Å². The number of carbonyl (C=O) groups is 1. The summed E-state index contributed by atoms with van der Waals surface area (Å²) in [5.41, 5.74) is -0.586. The third-order valence-corrected chi connectivity index (χ3v) is 3.28. The van der Waals surface area contributed by atoms with E-state index >= 15 is 0 Å². The summed E-state index contributed by atoms with van der Waals surface area (Å²) in [5, 5.41) is 9.48. The summed E-state index contributed by atoms with van der Waals surface area (Å²) in [7, 11) is 0. The van der Waals surface area contributed by atoms with E-state index in [4.69, 9.17) is 4.74 Å². The minimum Gasteiger partial charge on any atom is -0.444 e. The van der Waals surface area contributed by atoms with Gasteiger partial charge in [0.2, 0.25) is 0 Å². The minimum atomic E-state index is -4.37. The Labute approximate surface area is 129 Å². The average molecular weight is 326 g/mol. The Morgan fingerprint density at radius 3 is 2.36 bits per heavy atom. The van der Waals surface area contributed by atoms with Crippen LogP contribution in [0.4, 0.5) is 18.0 Å². The molecule has 0 aromatic rings. The smallest absolute Gasteiger partial charge is 0.410 e. The molecule has 1 saturated heterocycles. The van der Waals surface area contributed by atoms with Crippen LogP contribution in [0.1, 0.15) is 34.1 Å². The van der Waals surface area contributed by atoms with E-state index in [9.17, 15) is 23.1 Å². The molecular weight excluding hydrogens is 301 g/mol. The molecule has 1 aliphatic heterocycles. The molecule has 1 N–H and O–H groups in total. The Bertz CT molecular complexity index is 383. The van der Waals surface area contributed by atoms with Gasteiger partial charge in [-0.3, -0.25) is 4.90 Å². The van der Waals surface area contributed by atoms with Gasteiger partial charge in [-0.15, -0.1) is 0 Å². The number of carbonyl (C=O) groups excluding carboxylic acids is 1. The van der Waals surface area contributed by atoms with Crippen molar-refractivity contribution in [1.82, 2.24) is 9.80 Å². The molecule has 1 fully saturated rings. The van der Waals surface area contributed by atoms with Crippen molar-refractivity contribution in [1.29, 1.82) is 0 Å². The SMILES string of the molecule is C[C@@H]1CN(C[C@H](O)CC(F)(F)F)CCN1C(=O)OC(C)(C)C. The topological polar surface area (TPSA) is 53.0 Å². The highest BCUT2D eigenvalue weighted by Gasteiger charge is 2.34. The second-order valence-corrected chi connectivity index (χ2v) is 6.76. The number of hydrogen-bond acceptors (Lipinski definition) is 4. The van der Waals surface area contributed by atoms with Crippen LogP contribution >= 0.6 is 0 Å². The van der Waals surface area contributed by atoms with E-state index in [0.717, 1.165) is 0 Å². The number of alkyl halides is 3. The maximum Gasteiger partial charge on any atom is 0.410 e. The van der Waals surface area contributed by atoms with Gasteiger partial charge in [0.1, 0.15) is 5.60 Å². The van der Waals surface area contributed by atoms with Gasteiger partial charge in [-0.05, 0) is 27.7 Å². The van der Waals surface area contributed by atoms with Crippen LogP contribution in [0, 0.1) is 0 Å². The number of amides is 1. The van der Waals surface area contributed by atoms with Crippen molar-refractivity contribution in [3.05, 3.63) is 0 Å². The highest BCUT2D eigenvalue weighted by molar-refractivity contribution is 5.68. The maximum absolute atomic E-state index is 12.2. The summed E-state index contributed by atoms with van der Waals surface area (Å²) in [6.07, 6.45) is -7.45. The lowest BCUT2D eigenvalue weighted by atomic mass is 10.1. The molecule has 0 aromatic carbocycles. The molecule has 0 radical (unpaired) electrons. The van der Waals surface area contributed by atoms with E-state index in [2.05, 4.69) is 0 Å². The Morgan fingerprint density at radius 2 is 1.91 bits per heavy atom. The molecule has 2 atom stereocenters. The minimum absolute atomic E-state index is 0.0496. The molecule has 0 saturated carbocycles. The molecule has 1 heterocycles. The summed E-state index contributed by atoms with van der Waals surface area (Å²) >= 11 is 0. The van der Waals surface area contributed by atoms with Gasteiger partial charge < -0.3 is 14.7 Å². The first-order valence-electron chi connectivity index (χ1n) is 7.34. The van der Waals surface area contributed by atoms with Gasteiger partial charge in [0.05, 0.1) is 12.5 Å². The maximum atomic E-state index is 12.2. The van der Waals surface area contributed by atoms with Crippen LogP contribution in [0.5, 0.6) is 0 Å². The highest BCUT2D eigenvalue weighted by atomic mass is 19.4. The number of β-amino-alcohol motifs (C(OH)–C–C–N with tert-alkyl or cyclic N) is 1. The zero-order valence-electron chi connectivity index (χ0n) is 13.5. The van der Waals surface area contributed by atoms with Crippen LogP contribution in [-0.4, -0.2) is 71.1 Å². The molecule has 0 unspecified atom stereocenters. The van der Waals surface area contributed by atoms with Crippen LogP contribution in [0.2, 0.25) is 0 Å². The summed E-state index contributed by atoms with van der Waals surface area (Å²) in [6.45, 7) is 8.29. The van der Waals surface area contributed by atoms with Gasteiger partial charge in [0.15, 0.2) is 0 Å². The first kappa shape index (κ1) is 19.0. The van der Waals surface area contributed by atoms with Crippen LogP contribution in [0.25, 0.3) is 0 Å². The number of aliphatic hydroxyl groups is 1. The van der Waals surface area contributed by atoms with Crippen LogP contribution in [0.3, 0.4) is 0 Å². The van der Waals surface area contributed by atoms with Gasteiger partial charge in [-0.25, -0.2) is 4.79 Å². The fourth-order valence-electron chi connectivity index (χ4n) is 2.42. The molecule has 1 amide bonds. The van der Waals surface area contributed by atoms with Crippen molar-refractivity contribution in [3.63, 3.8) is 0 Å². The predicted octanol–water partition coefficient (Wildman–Crippen LogP) is 2.24. The third kappa shape index (κ3) is 6.83. The fourth-order valence-corrected chi connectivity index (χ4v) is 2.42. The highest BCUT2D eigenvalue weighted by Crippen LogP contribution is 2.22. The zero-order valence-corrected chi connectivity index (χ0v) is 13.5. The number of halogens is 3. The summed E-state index contributed by atoms with van der Waals surface area (Å²) in [5.74, 6) is 0. The molecule has 8 heteroatoms. The van der Waals surface area contributed by atoms with Gasteiger partial charge in [0, 0.05) is 32.2 Å². The molecule has 130 valence electrons. The van der Waals surface area contributed by atoms with E-state index < -0.39 is 30.4 Å². The Balaban J connectivity index is 2.47. The number of aliphatic hydroxyl groups excluding tert-OH is 1. The second-order valence-electron chi connectivity index (χ2n) is 6.76. The van der Waals surface area contributed by atoms with E-state index in [1.165, 1.54) is 0 Å². The van der Waals surface area contributed by atoms with Crippen molar-refractivity contribution in [3.8, 4) is 0 Å². The average Bonchev–Trinajstić information content (AvgIpc) is 2.23. The van der Waals surface area contributed by atoms with Gasteiger partial charge in [-0.2, -0.15) is 13.2 Å². The quantitative estimate of drug-likeness (QED) is 0.864. The van der Waals surface area contributed by atoms with Gasteiger partial charge in [-0.1, -0.05) is 0 Å². The number of ether oxygens (including phenoxy) is 1. The normalized spacial score (nSPS) is 22.5. The molecule has 22 heavy (non-hydrogen) atoms. The number of piperazine rings is 1. The first-order valence-corrected chi connectivity index (χ1v) is 7.34. The lowest BCUT2D eigenvalue weighted by Gasteiger charge is -2.40. The molecule has 5 nitrogen and oxygen atoms in total. The van der Waals surface area contributed by atoms with Crippen molar-refractivity contribution in [2.45, 2.75) is 58.0 Å². The fraction of sp³-hybridized carbons (Fsp3) is 0.929. The molecule has 0 aromatic heterocycles. The molecule has 0 bridgehead atoms. The van der Waals surface area contributed by atoms with Gasteiger partial charge >= 0.3 is 12.3 Å². The molecular formula is C14H25F3N2O3. The Morgan fingerprint density at radius 1 is 1.32 bits per heavy atom. The summed E-state index contributed by atoms with van der Waals surface area (Å²) < 4.78 is 41.9. The van der Waals surface area contributed by atoms with Crippen molar-refractivity contribution >= 4 is 6.09 Å². The lowest BCUT2D eigenvalue weighted by Crippen LogP contribution is -2.56. The van der Waals surface area contributed by atoms with Crippen LogP contribution < -0.4 is 0 Å². The van der Waals surface area contributed by atoms with Crippen molar-refractivity contribution in [2.24, 2.45) is 0 Å².